The molecule has 1 saturated heterocycles. The van der Waals surface area contributed by atoms with E-state index >= 15 is 0 Å². The molecule has 5 nitrogen and oxygen atoms in total. The van der Waals surface area contributed by atoms with Gasteiger partial charge in [0.15, 0.2) is 0 Å². The molecule has 32 heavy (non-hydrogen) atoms. The first kappa shape index (κ1) is 21.6. The van der Waals surface area contributed by atoms with Crippen LogP contribution in [0.15, 0.2) is 36.4 Å². The number of carbonyl (C=O) groups excluding carboxylic acids is 1. The van der Waals surface area contributed by atoms with Crippen molar-refractivity contribution in [2.45, 2.75) is 57.0 Å². The van der Waals surface area contributed by atoms with Crippen LogP contribution in [0.25, 0.3) is 0 Å². The number of pyridine rings is 1. The third-order valence-electron chi connectivity index (χ3n) is 7.80. The molecular formula is C25H31FN3O2P. The molecule has 1 aliphatic heterocycles. The molecule has 3 aliphatic rings. The van der Waals surface area contributed by atoms with Crippen molar-refractivity contribution in [3.05, 3.63) is 47.9 Å². The summed E-state index contributed by atoms with van der Waals surface area (Å²) in [5, 5.41) is 3.75. The number of nitrogens with zero attached hydrogens (tertiary/aromatic N) is 2. The van der Waals surface area contributed by atoms with Crippen LogP contribution >= 0.6 is 7.14 Å². The Morgan fingerprint density at radius 1 is 1.12 bits per heavy atom. The quantitative estimate of drug-likeness (QED) is 0.484. The van der Waals surface area contributed by atoms with E-state index in [0.717, 1.165) is 56.9 Å². The maximum atomic E-state index is 14.0. The summed E-state index contributed by atoms with van der Waals surface area (Å²) in [5.74, 6) is -0.474. The number of halogens is 1. The molecule has 2 aliphatic carbocycles. The maximum absolute atomic E-state index is 14.0. The van der Waals surface area contributed by atoms with E-state index in [2.05, 4.69) is 10.3 Å². The zero-order valence-corrected chi connectivity index (χ0v) is 19.5. The van der Waals surface area contributed by atoms with Crippen LogP contribution in [0.3, 0.4) is 0 Å². The maximum Gasteiger partial charge on any atom is 0.259 e. The number of piperidine rings is 1. The molecule has 1 atom stereocenters. The van der Waals surface area contributed by atoms with Crippen molar-refractivity contribution < 1.29 is 13.8 Å². The predicted octanol–water partition coefficient (Wildman–Crippen LogP) is 5.41. The van der Waals surface area contributed by atoms with Crippen LogP contribution in [0.5, 0.6) is 0 Å². The molecule has 1 spiro atoms. The van der Waals surface area contributed by atoms with Gasteiger partial charge in [-0.25, -0.2) is 4.98 Å². The lowest BCUT2D eigenvalue weighted by atomic mass is 9.93. The molecule has 7 heteroatoms. The van der Waals surface area contributed by atoms with Crippen LogP contribution in [0.4, 0.5) is 15.9 Å². The second kappa shape index (κ2) is 8.30. The van der Waals surface area contributed by atoms with Crippen molar-refractivity contribution in [1.82, 2.24) is 4.98 Å². The van der Waals surface area contributed by atoms with Gasteiger partial charge in [0.2, 0.25) is 5.95 Å². The highest BCUT2D eigenvalue weighted by Gasteiger charge is 2.45. The first-order valence-electron chi connectivity index (χ1n) is 11.8. The van der Waals surface area contributed by atoms with Gasteiger partial charge in [-0.15, -0.1) is 0 Å². The number of carbonyl (C=O) groups is 1. The zero-order chi connectivity index (χ0) is 22.3. The molecule has 1 amide bonds. The Morgan fingerprint density at radius 2 is 1.84 bits per heavy atom. The molecule has 1 N–H and O–H groups in total. The summed E-state index contributed by atoms with van der Waals surface area (Å²) < 4.78 is 27.5. The first-order valence-corrected chi connectivity index (χ1v) is 14.0. The van der Waals surface area contributed by atoms with E-state index in [-0.39, 0.29) is 11.6 Å². The highest BCUT2D eigenvalue weighted by atomic mass is 31.2. The van der Waals surface area contributed by atoms with Crippen LogP contribution in [0, 0.1) is 11.4 Å². The lowest BCUT2D eigenvalue weighted by molar-refractivity contribution is 0.102. The van der Waals surface area contributed by atoms with Crippen molar-refractivity contribution in [2.75, 3.05) is 30.0 Å². The fraction of sp³-hybridized carbons (Fsp3) is 0.520. The topological polar surface area (TPSA) is 62.3 Å². The lowest BCUT2D eigenvalue weighted by Gasteiger charge is -2.33. The Hall–Kier alpha value is -2.20. The molecule has 1 aromatic heterocycles. The standard InChI is InChI=1S/C25H31FN3O2P/c1-32(31,19-6-2-3-7-19)20-8-4-5-18(17-20)27-24(30)21-9-10-22(26)28-23(21)29-15-13-25(11-12-25)14-16-29/h4-5,8-10,17,19H,2-3,6-7,11-16H2,1H3,(H,27,30). The zero-order valence-electron chi connectivity index (χ0n) is 18.6. The van der Waals surface area contributed by atoms with Gasteiger partial charge in [-0.3, -0.25) is 4.79 Å². The Bertz CT molecular complexity index is 1070. The van der Waals surface area contributed by atoms with Crippen molar-refractivity contribution in [2.24, 2.45) is 5.41 Å². The van der Waals surface area contributed by atoms with Crippen molar-refractivity contribution in [1.29, 1.82) is 0 Å². The number of rotatable bonds is 5. The second-order valence-electron chi connectivity index (χ2n) is 9.93. The van der Waals surface area contributed by atoms with Gasteiger partial charge in [-0.05, 0) is 74.9 Å². The SMILES string of the molecule is CP(=O)(c1cccc(NC(=O)c2ccc(F)nc2N2CCC3(CC2)CC3)c1)C1CCCC1. The Morgan fingerprint density at radius 3 is 2.53 bits per heavy atom. The highest BCUT2D eigenvalue weighted by Crippen LogP contribution is 2.54. The van der Waals surface area contributed by atoms with Gasteiger partial charge in [0.25, 0.3) is 5.91 Å². The number of hydrogen-bond donors (Lipinski definition) is 1. The van der Waals surface area contributed by atoms with Crippen LogP contribution in [-0.4, -0.2) is 36.3 Å². The van der Waals surface area contributed by atoms with E-state index in [9.17, 15) is 13.8 Å². The van der Waals surface area contributed by atoms with Gasteiger partial charge in [0, 0.05) is 29.7 Å². The number of benzene rings is 1. The van der Waals surface area contributed by atoms with E-state index < -0.39 is 13.1 Å². The molecule has 2 aromatic rings. The van der Waals surface area contributed by atoms with Crippen molar-refractivity contribution in [3.63, 3.8) is 0 Å². The average molecular weight is 456 g/mol. The summed E-state index contributed by atoms with van der Waals surface area (Å²) in [5.41, 5.74) is 1.70. The molecule has 0 radical (unpaired) electrons. The fourth-order valence-corrected chi connectivity index (χ4v) is 7.93. The van der Waals surface area contributed by atoms with E-state index in [1.165, 1.54) is 25.0 Å². The van der Waals surface area contributed by atoms with E-state index in [1.807, 2.05) is 35.8 Å². The number of hydrogen-bond acceptors (Lipinski definition) is 4. The minimum absolute atomic E-state index is 0.232. The second-order valence-corrected chi connectivity index (χ2v) is 13.2. The third-order valence-corrected chi connectivity index (χ3v) is 11.0. The van der Waals surface area contributed by atoms with E-state index in [4.69, 9.17) is 0 Å². The molecule has 1 aromatic carbocycles. The average Bonchev–Trinajstić information content (AvgIpc) is 3.30. The van der Waals surface area contributed by atoms with Gasteiger partial charge < -0.3 is 14.8 Å². The van der Waals surface area contributed by atoms with Crippen molar-refractivity contribution >= 4 is 29.9 Å². The molecule has 5 rings (SSSR count). The van der Waals surface area contributed by atoms with Gasteiger partial charge >= 0.3 is 0 Å². The molecule has 3 fully saturated rings. The molecule has 2 heterocycles. The molecule has 0 bridgehead atoms. The predicted molar refractivity (Wildman–Crippen MR) is 127 cm³/mol. The number of aromatic nitrogens is 1. The van der Waals surface area contributed by atoms with Crippen LogP contribution in [0.1, 0.15) is 61.7 Å². The van der Waals surface area contributed by atoms with Gasteiger partial charge in [0.05, 0.1) is 5.56 Å². The van der Waals surface area contributed by atoms with Crippen LogP contribution in [-0.2, 0) is 4.57 Å². The van der Waals surface area contributed by atoms with Gasteiger partial charge in [-0.2, -0.15) is 4.39 Å². The minimum atomic E-state index is -2.50. The van der Waals surface area contributed by atoms with Gasteiger partial charge in [-0.1, -0.05) is 25.0 Å². The Balaban J connectivity index is 1.36. The molecule has 1 unspecified atom stereocenters. The highest BCUT2D eigenvalue weighted by molar-refractivity contribution is 7.71. The van der Waals surface area contributed by atoms with E-state index in [1.54, 1.807) is 0 Å². The van der Waals surface area contributed by atoms with Gasteiger partial charge in [0.1, 0.15) is 13.0 Å². The Labute approximate surface area is 189 Å². The normalized spacial score (nSPS) is 22.0. The number of amides is 1. The van der Waals surface area contributed by atoms with Crippen molar-refractivity contribution in [3.8, 4) is 0 Å². The Kier molecular flexibility index (Phi) is 5.61. The third kappa shape index (κ3) is 4.22. The number of anilines is 2. The van der Waals surface area contributed by atoms with Crippen LogP contribution in [0.2, 0.25) is 0 Å². The summed E-state index contributed by atoms with van der Waals surface area (Å²) in [6, 6.07) is 10.2. The van der Waals surface area contributed by atoms with Crippen LogP contribution < -0.4 is 15.5 Å². The summed E-state index contributed by atoms with van der Waals surface area (Å²) in [4.78, 5) is 19.3. The fourth-order valence-electron chi connectivity index (χ4n) is 5.38. The molecular weight excluding hydrogens is 424 g/mol. The monoisotopic (exact) mass is 455 g/mol. The largest absolute Gasteiger partial charge is 0.356 e. The summed E-state index contributed by atoms with van der Waals surface area (Å²) in [6.45, 7) is 3.47. The summed E-state index contributed by atoms with van der Waals surface area (Å²) in [7, 11) is -2.50. The lowest BCUT2D eigenvalue weighted by Crippen LogP contribution is -2.36. The summed E-state index contributed by atoms with van der Waals surface area (Å²) in [6.07, 6.45) is 8.99. The molecule has 2 saturated carbocycles. The summed E-state index contributed by atoms with van der Waals surface area (Å²) >= 11 is 0. The molecule has 170 valence electrons. The first-order chi connectivity index (χ1) is 15.4. The van der Waals surface area contributed by atoms with E-state index in [0.29, 0.717) is 22.5 Å². The smallest absolute Gasteiger partial charge is 0.259 e. The number of nitrogens with one attached hydrogen (secondary N) is 1. The minimum Gasteiger partial charge on any atom is -0.356 e.